The van der Waals surface area contributed by atoms with E-state index in [2.05, 4.69) is 39.3 Å². The molecule has 2 aromatic heterocycles. The van der Waals surface area contributed by atoms with Crippen molar-refractivity contribution in [3.63, 3.8) is 0 Å². The zero-order valence-electron chi connectivity index (χ0n) is 13.7. The number of carbonyl (C=O) groups is 1. The topological polar surface area (TPSA) is 104 Å². The van der Waals surface area contributed by atoms with Crippen LogP contribution in [0.3, 0.4) is 0 Å². The standard InChI is InChI=1S/C15H23N5O2S/c1-9(2)6-11(4-5-21)7-16-14(22)12-10(3)19-15(23-12)13-17-8-18-20-13/h8-9,11,21H,4-7H2,1-3H3,(H,16,22)(H,17,18,20). The van der Waals surface area contributed by atoms with Gasteiger partial charge in [-0.1, -0.05) is 13.8 Å². The molecule has 0 saturated heterocycles. The van der Waals surface area contributed by atoms with Crippen molar-refractivity contribution in [3.05, 3.63) is 16.9 Å². The monoisotopic (exact) mass is 337 g/mol. The molecule has 126 valence electrons. The molecule has 23 heavy (non-hydrogen) atoms. The lowest BCUT2D eigenvalue weighted by Crippen LogP contribution is -2.30. The first-order valence-corrected chi connectivity index (χ1v) is 8.55. The van der Waals surface area contributed by atoms with Crippen LogP contribution in [0.15, 0.2) is 6.33 Å². The van der Waals surface area contributed by atoms with Crippen molar-refractivity contribution in [1.82, 2.24) is 25.5 Å². The largest absolute Gasteiger partial charge is 0.396 e. The molecular weight excluding hydrogens is 314 g/mol. The summed E-state index contributed by atoms with van der Waals surface area (Å²) in [4.78, 5) is 21.4. The number of rotatable bonds is 8. The molecule has 7 nitrogen and oxygen atoms in total. The number of nitrogens with one attached hydrogen (secondary N) is 2. The molecular formula is C15H23N5O2S. The summed E-state index contributed by atoms with van der Waals surface area (Å²) in [6.07, 6.45) is 3.09. The predicted molar refractivity (Wildman–Crippen MR) is 89.2 cm³/mol. The minimum absolute atomic E-state index is 0.127. The molecule has 0 spiro atoms. The van der Waals surface area contributed by atoms with Crippen LogP contribution in [-0.2, 0) is 0 Å². The van der Waals surface area contributed by atoms with E-state index in [0.29, 0.717) is 40.3 Å². The van der Waals surface area contributed by atoms with Crippen LogP contribution in [0.2, 0.25) is 0 Å². The molecule has 0 radical (unpaired) electrons. The summed E-state index contributed by atoms with van der Waals surface area (Å²) in [6, 6.07) is 0. The lowest BCUT2D eigenvalue weighted by Gasteiger charge is -2.18. The number of aromatic amines is 1. The maximum absolute atomic E-state index is 12.4. The van der Waals surface area contributed by atoms with Gasteiger partial charge in [-0.05, 0) is 31.6 Å². The van der Waals surface area contributed by atoms with Crippen LogP contribution >= 0.6 is 11.3 Å². The molecule has 0 aliphatic rings. The Bertz CT molecular complexity index is 624. The summed E-state index contributed by atoms with van der Waals surface area (Å²) in [6.45, 7) is 6.80. The molecule has 2 aromatic rings. The molecule has 2 rings (SSSR count). The van der Waals surface area contributed by atoms with Crippen molar-refractivity contribution in [2.24, 2.45) is 11.8 Å². The number of hydrogen-bond donors (Lipinski definition) is 3. The first-order chi connectivity index (χ1) is 11.0. The molecule has 0 aromatic carbocycles. The maximum atomic E-state index is 12.4. The van der Waals surface area contributed by atoms with Crippen molar-refractivity contribution < 1.29 is 9.90 Å². The fraction of sp³-hybridized carbons (Fsp3) is 0.600. The van der Waals surface area contributed by atoms with Gasteiger partial charge in [0.2, 0.25) is 0 Å². The molecule has 2 heterocycles. The van der Waals surface area contributed by atoms with Gasteiger partial charge in [0.05, 0.1) is 5.69 Å². The van der Waals surface area contributed by atoms with E-state index >= 15 is 0 Å². The quantitative estimate of drug-likeness (QED) is 0.683. The van der Waals surface area contributed by atoms with Crippen LogP contribution in [0.1, 0.15) is 42.1 Å². The van der Waals surface area contributed by atoms with E-state index in [1.165, 1.54) is 17.7 Å². The average Bonchev–Trinajstić information content (AvgIpc) is 3.13. The summed E-state index contributed by atoms with van der Waals surface area (Å²) >= 11 is 1.30. The normalized spacial score (nSPS) is 12.6. The average molecular weight is 337 g/mol. The Kier molecular flexibility index (Phi) is 6.23. The van der Waals surface area contributed by atoms with Crippen molar-refractivity contribution in [2.75, 3.05) is 13.2 Å². The van der Waals surface area contributed by atoms with Crippen molar-refractivity contribution in [2.45, 2.75) is 33.6 Å². The first-order valence-electron chi connectivity index (χ1n) is 7.73. The third-order valence-corrected chi connectivity index (χ3v) is 4.68. The van der Waals surface area contributed by atoms with Gasteiger partial charge < -0.3 is 10.4 Å². The molecule has 8 heteroatoms. The molecule has 0 bridgehead atoms. The molecule has 1 amide bonds. The number of nitrogens with zero attached hydrogens (tertiary/aromatic N) is 3. The third-order valence-electron chi connectivity index (χ3n) is 3.51. The van der Waals surface area contributed by atoms with E-state index in [1.54, 1.807) is 0 Å². The number of carbonyl (C=O) groups excluding carboxylic acids is 1. The molecule has 0 saturated carbocycles. The van der Waals surface area contributed by atoms with Gasteiger partial charge in [0, 0.05) is 13.2 Å². The van der Waals surface area contributed by atoms with Gasteiger partial charge in [-0.15, -0.1) is 11.3 Å². The highest BCUT2D eigenvalue weighted by molar-refractivity contribution is 7.17. The lowest BCUT2D eigenvalue weighted by atomic mass is 9.94. The number of aromatic nitrogens is 4. The molecule has 0 aliphatic carbocycles. The van der Waals surface area contributed by atoms with E-state index in [1.807, 2.05) is 6.92 Å². The molecule has 3 N–H and O–H groups in total. The fourth-order valence-corrected chi connectivity index (χ4v) is 3.42. The fourth-order valence-electron chi connectivity index (χ4n) is 2.49. The second-order valence-electron chi connectivity index (χ2n) is 5.99. The number of H-pyrrole nitrogens is 1. The maximum Gasteiger partial charge on any atom is 0.263 e. The highest BCUT2D eigenvalue weighted by Crippen LogP contribution is 2.25. The van der Waals surface area contributed by atoms with Crippen molar-refractivity contribution >= 4 is 17.2 Å². The summed E-state index contributed by atoms with van der Waals surface area (Å²) in [7, 11) is 0. The Morgan fingerprint density at radius 1 is 1.48 bits per heavy atom. The first kappa shape index (κ1) is 17.6. The Hall–Kier alpha value is -1.80. The van der Waals surface area contributed by atoms with Crippen LogP contribution in [-0.4, -0.2) is 44.3 Å². The summed E-state index contributed by atoms with van der Waals surface area (Å²) in [5, 5.41) is 19.3. The number of thiazole rings is 1. The lowest BCUT2D eigenvalue weighted by molar-refractivity contribution is 0.0944. The van der Waals surface area contributed by atoms with E-state index in [9.17, 15) is 4.79 Å². The minimum Gasteiger partial charge on any atom is -0.396 e. The molecule has 0 aliphatic heterocycles. The molecule has 1 unspecified atom stereocenters. The Morgan fingerprint density at radius 3 is 2.87 bits per heavy atom. The van der Waals surface area contributed by atoms with Crippen molar-refractivity contribution in [1.29, 1.82) is 0 Å². The SMILES string of the molecule is Cc1nc(-c2ncn[nH]2)sc1C(=O)NCC(CCO)CC(C)C. The molecule has 1 atom stereocenters. The van der Waals surface area contributed by atoms with Crippen LogP contribution in [0.4, 0.5) is 0 Å². The number of hydrogen-bond acceptors (Lipinski definition) is 6. The number of amides is 1. The second-order valence-corrected chi connectivity index (χ2v) is 6.98. The van der Waals surface area contributed by atoms with Gasteiger partial charge in [-0.2, -0.15) is 5.10 Å². The predicted octanol–water partition coefficient (Wildman–Crippen LogP) is 2.01. The number of aliphatic hydroxyl groups is 1. The van der Waals surface area contributed by atoms with E-state index in [-0.39, 0.29) is 18.4 Å². The molecule has 0 fully saturated rings. The van der Waals surface area contributed by atoms with E-state index in [4.69, 9.17) is 5.11 Å². The van der Waals surface area contributed by atoms with Gasteiger partial charge in [0.15, 0.2) is 10.8 Å². The van der Waals surface area contributed by atoms with Gasteiger partial charge in [0.25, 0.3) is 5.91 Å². The van der Waals surface area contributed by atoms with Crippen LogP contribution in [0.25, 0.3) is 10.8 Å². The second kappa shape index (κ2) is 8.16. The summed E-state index contributed by atoms with van der Waals surface area (Å²) < 4.78 is 0. The van der Waals surface area contributed by atoms with E-state index in [0.717, 1.165) is 6.42 Å². The van der Waals surface area contributed by atoms with Crippen LogP contribution in [0, 0.1) is 18.8 Å². The van der Waals surface area contributed by atoms with Gasteiger partial charge in [-0.3, -0.25) is 9.89 Å². The highest BCUT2D eigenvalue weighted by atomic mass is 32.1. The Morgan fingerprint density at radius 2 is 2.26 bits per heavy atom. The third kappa shape index (κ3) is 4.84. The minimum atomic E-state index is -0.127. The zero-order chi connectivity index (χ0) is 16.8. The van der Waals surface area contributed by atoms with Crippen molar-refractivity contribution in [3.8, 4) is 10.8 Å². The Balaban J connectivity index is 2.00. The number of aliphatic hydroxyl groups excluding tert-OH is 1. The summed E-state index contributed by atoms with van der Waals surface area (Å²) in [5.41, 5.74) is 0.682. The zero-order valence-corrected chi connectivity index (χ0v) is 14.5. The Labute approximate surface area is 139 Å². The van der Waals surface area contributed by atoms with Crippen LogP contribution in [0.5, 0.6) is 0 Å². The number of aryl methyl sites for hydroxylation is 1. The van der Waals surface area contributed by atoms with Gasteiger partial charge >= 0.3 is 0 Å². The smallest absolute Gasteiger partial charge is 0.263 e. The summed E-state index contributed by atoms with van der Waals surface area (Å²) in [5.74, 6) is 1.25. The highest BCUT2D eigenvalue weighted by Gasteiger charge is 2.19. The van der Waals surface area contributed by atoms with Crippen LogP contribution < -0.4 is 5.32 Å². The van der Waals surface area contributed by atoms with Gasteiger partial charge in [0.1, 0.15) is 11.2 Å². The van der Waals surface area contributed by atoms with Gasteiger partial charge in [-0.25, -0.2) is 9.97 Å². The van der Waals surface area contributed by atoms with E-state index < -0.39 is 0 Å².